The molecule has 0 aliphatic carbocycles. The molecule has 0 spiro atoms. The van der Waals surface area contributed by atoms with Crippen LogP contribution in [0.15, 0.2) is 72.9 Å². The molecule has 5 rings (SSSR count). The van der Waals surface area contributed by atoms with Crippen LogP contribution in [0.2, 0.25) is 0 Å². The molecule has 2 N–H and O–H groups in total. The predicted octanol–water partition coefficient (Wildman–Crippen LogP) is 2.74. The lowest BCUT2D eigenvalue weighted by Gasteiger charge is -2.29. The van der Waals surface area contributed by atoms with Crippen molar-refractivity contribution in [2.24, 2.45) is 5.92 Å². The van der Waals surface area contributed by atoms with Crippen LogP contribution in [0.3, 0.4) is 0 Å². The molecular weight excluding hydrogens is 430 g/mol. The number of carbonyl (C=O) groups is 2. The molecule has 2 aliphatic heterocycles. The molecule has 2 atom stereocenters. The van der Waals surface area contributed by atoms with Gasteiger partial charge in [0.15, 0.2) is 11.4 Å². The molecule has 2 aliphatic rings. The summed E-state index contributed by atoms with van der Waals surface area (Å²) in [6, 6.07) is 20.0. The molecule has 1 aromatic heterocycles. The van der Waals surface area contributed by atoms with E-state index >= 15 is 0 Å². The van der Waals surface area contributed by atoms with Crippen molar-refractivity contribution in [1.82, 2.24) is 20.8 Å². The van der Waals surface area contributed by atoms with Gasteiger partial charge in [-0.05, 0) is 55.9 Å². The van der Waals surface area contributed by atoms with Crippen molar-refractivity contribution < 1.29 is 14.3 Å². The van der Waals surface area contributed by atoms with E-state index in [0.717, 1.165) is 13.0 Å². The highest BCUT2D eigenvalue weighted by Gasteiger charge is 2.44. The summed E-state index contributed by atoms with van der Waals surface area (Å²) in [6.45, 7) is 2.62. The highest BCUT2D eigenvalue weighted by Crippen LogP contribution is 2.32. The monoisotopic (exact) mass is 457 g/mol. The minimum atomic E-state index is -0.960. The fraction of sp³-hybridized carbons (Fsp3) is 0.308. The summed E-state index contributed by atoms with van der Waals surface area (Å²) < 4.78 is 6.33. The number of hydrogen-bond acceptors (Lipinski definition) is 7. The highest BCUT2D eigenvalue weighted by atomic mass is 16.5. The maximum absolute atomic E-state index is 13.3. The molecule has 174 valence electrons. The van der Waals surface area contributed by atoms with E-state index < -0.39 is 5.60 Å². The first-order valence-corrected chi connectivity index (χ1v) is 11.6. The first-order valence-electron chi connectivity index (χ1n) is 11.6. The normalized spacial score (nSPS) is 21.8. The lowest BCUT2D eigenvalue weighted by atomic mass is 9.91. The van der Waals surface area contributed by atoms with E-state index in [2.05, 4.69) is 20.8 Å². The van der Waals surface area contributed by atoms with Crippen LogP contribution >= 0.6 is 0 Å². The van der Waals surface area contributed by atoms with Gasteiger partial charge in [0.05, 0.1) is 11.6 Å². The van der Waals surface area contributed by atoms with Gasteiger partial charge in [0.1, 0.15) is 5.75 Å². The quantitative estimate of drug-likeness (QED) is 0.527. The Balaban J connectivity index is 1.41. The topological polar surface area (TPSA) is 96.5 Å². The predicted molar refractivity (Wildman–Crippen MR) is 128 cm³/mol. The number of Topliss-reactive ketones (excluding diaryl/α,β-unsaturated/α-hetero) is 1. The number of anilines is 2. The van der Waals surface area contributed by atoms with Gasteiger partial charge in [0.25, 0.3) is 0 Å². The molecule has 3 aromatic rings. The van der Waals surface area contributed by atoms with Crippen LogP contribution in [0.5, 0.6) is 5.75 Å². The van der Waals surface area contributed by atoms with E-state index in [1.807, 2.05) is 42.5 Å². The van der Waals surface area contributed by atoms with Crippen LogP contribution in [0.25, 0.3) is 0 Å². The molecule has 2 fully saturated rings. The van der Waals surface area contributed by atoms with Gasteiger partial charge in [0.2, 0.25) is 11.7 Å². The van der Waals surface area contributed by atoms with Crippen LogP contribution in [-0.4, -0.2) is 53.7 Å². The number of rotatable bonds is 7. The average Bonchev–Trinajstić information content (AvgIpc) is 3.59. The molecule has 2 saturated heterocycles. The van der Waals surface area contributed by atoms with Crippen LogP contribution in [-0.2, 0) is 4.79 Å². The second kappa shape index (κ2) is 9.70. The largest absolute Gasteiger partial charge is 0.478 e. The van der Waals surface area contributed by atoms with Gasteiger partial charge in [-0.1, -0.05) is 30.3 Å². The second-order valence-corrected chi connectivity index (χ2v) is 8.66. The van der Waals surface area contributed by atoms with Crippen LogP contribution in [0, 0.1) is 5.92 Å². The minimum Gasteiger partial charge on any atom is -0.478 e. The van der Waals surface area contributed by atoms with Crippen molar-refractivity contribution in [3.05, 3.63) is 78.5 Å². The number of aromatic nitrogens is 2. The van der Waals surface area contributed by atoms with Crippen molar-refractivity contribution in [1.29, 1.82) is 0 Å². The maximum Gasteiger partial charge on any atom is 0.237 e. The van der Waals surface area contributed by atoms with Crippen molar-refractivity contribution in [3.8, 4) is 5.75 Å². The van der Waals surface area contributed by atoms with Crippen LogP contribution < -0.4 is 20.3 Å². The summed E-state index contributed by atoms with van der Waals surface area (Å²) in [5.74, 6) is 0.881. The molecular formula is C26H27N5O3. The van der Waals surface area contributed by atoms with E-state index in [0.29, 0.717) is 48.9 Å². The Morgan fingerprint density at radius 1 is 0.971 bits per heavy atom. The molecule has 34 heavy (non-hydrogen) atoms. The van der Waals surface area contributed by atoms with Crippen molar-refractivity contribution >= 4 is 23.2 Å². The summed E-state index contributed by atoms with van der Waals surface area (Å²) in [4.78, 5) is 28.3. The third-order valence-corrected chi connectivity index (χ3v) is 6.39. The van der Waals surface area contributed by atoms with Gasteiger partial charge in [-0.25, -0.2) is 0 Å². The number of ketones is 1. The number of ether oxygens (including phenoxy) is 1. The Bertz CT molecular complexity index is 1130. The van der Waals surface area contributed by atoms with E-state index in [1.54, 1.807) is 35.4 Å². The maximum atomic E-state index is 13.3. The molecule has 8 heteroatoms. The van der Waals surface area contributed by atoms with E-state index in [-0.39, 0.29) is 17.6 Å². The molecule has 0 saturated carbocycles. The SMILES string of the molecule is O=C([C@H]1CCNC1)N(c1ccc(O[C@@]2(C(=O)c3ccccc3)CCNC2)cc1)c1cccnn1. The third kappa shape index (κ3) is 4.42. The Morgan fingerprint density at radius 2 is 1.79 bits per heavy atom. The van der Waals surface area contributed by atoms with Crippen LogP contribution in [0.4, 0.5) is 11.5 Å². The van der Waals surface area contributed by atoms with Gasteiger partial charge in [-0.3, -0.25) is 14.5 Å². The lowest BCUT2D eigenvalue weighted by molar-refractivity contribution is -0.121. The zero-order valence-corrected chi connectivity index (χ0v) is 18.8. The van der Waals surface area contributed by atoms with Gasteiger partial charge >= 0.3 is 0 Å². The Kier molecular flexibility index (Phi) is 6.33. The molecule has 2 aromatic carbocycles. The summed E-state index contributed by atoms with van der Waals surface area (Å²) in [6.07, 6.45) is 2.95. The van der Waals surface area contributed by atoms with E-state index in [4.69, 9.17) is 4.74 Å². The van der Waals surface area contributed by atoms with E-state index in [9.17, 15) is 9.59 Å². The number of nitrogens with one attached hydrogen (secondary N) is 2. The number of carbonyl (C=O) groups excluding carboxylic acids is 2. The van der Waals surface area contributed by atoms with Crippen molar-refractivity contribution in [2.45, 2.75) is 18.4 Å². The van der Waals surface area contributed by atoms with Gasteiger partial charge < -0.3 is 15.4 Å². The summed E-state index contributed by atoms with van der Waals surface area (Å²) in [5, 5.41) is 14.6. The number of benzene rings is 2. The van der Waals surface area contributed by atoms with Gasteiger partial charge in [-0.2, -0.15) is 5.10 Å². The van der Waals surface area contributed by atoms with E-state index in [1.165, 1.54) is 0 Å². The lowest BCUT2D eigenvalue weighted by Crippen LogP contribution is -2.46. The molecule has 1 amide bonds. The first-order chi connectivity index (χ1) is 16.7. The number of hydrogen-bond donors (Lipinski definition) is 2. The Morgan fingerprint density at radius 3 is 2.44 bits per heavy atom. The second-order valence-electron chi connectivity index (χ2n) is 8.66. The van der Waals surface area contributed by atoms with Crippen LogP contribution in [0.1, 0.15) is 23.2 Å². The van der Waals surface area contributed by atoms with Crippen molar-refractivity contribution in [2.75, 3.05) is 31.1 Å². The average molecular weight is 458 g/mol. The fourth-order valence-electron chi connectivity index (χ4n) is 4.57. The first kappa shape index (κ1) is 22.2. The van der Waals surface area contributed by atoms with Gasteiger partial charge in [0, 0.05) is 31.3 Å². The zero-order valence-electron chi connectivity index (χ0n) is 18.8. The molecule has 3 heterocycles. The smallest absolute Gasteiger partial charge is 0.237 e. The number of nitrogens with zero attached hydrogens (tertiary/aromatic N) is 3. The molecule has 0 bridgehead atoms. The summed E-state index contributed by atoms with van der Waals surface area (Å²) in [7, 11) is 0. The minimum absolute atomic E-state index is 0.0186. The molecule has 8 nitrogen and oxygen atoms in total. The Labute approximate surface area is 198 Å². The summed E-state index contributed by atoms with van der Waals surface area (Å²) >= 11 is 0. The zero-order chi connectivity index (χ0) is 23.4. The molecule has 0 radical (unpaired) electrons. The van der Waals surface area contributed by atoms with Crippen molar-refractivity contribution in [3.63, 3.8) is 0 Å². The third-order valence-electron chi connectivity index (χ3n) is 6.39. The van der Waals surface area contributed by atoms with Gasteiger partial charge in [-0.15, -0.1) is 5.10 Å². The highest BCUT2D eigenvalue weighted by molar-refractivity contribution is 6.03. The fourth-order valence-corrected chi connectivity index (χ4v) is 4.57. The Hall–Kier alpha value is -3.62. The molecule has 0 unspecified atom stereocenters. The summed E-state index contributed by atoms with van der Waals surface area (Å²) in [5.41, 5.74) is 0.351. The standard InChI is InChI=1S/C26H27N5O3/c32-24(19-5-2-1-3-6-19)26(13-16-28-18-26)34-22-10-8-21(9-11-22)31(23-7-4-14-29-30-23)25(33)20-12-15-27-17-20/h1-11,14,20,27-28H,12-13,15-18H2/t20-,26-/m0/s1. The number of amides is 1.